The van der Waals surface area contributed by atoms with Crippen LogP contribution in [0.25, 0.3) is 23.5 Å². The minimum atomic E-state index is -1.44. The third-order valence-corrected chi connectivity index (χ3v) is 9.50. The Labute approximate surface area is 297 Å². The van der Waals surface area contributed by atoms with Crippen LogP contribution in [0.5, 0.6) is 0 Å². The molecule has 0 spiro atoms. The number of amides is 3. The van der Waals surface area contributed by atoms with Gasteiger partial charge in [0.1, 0.15) is 23.2 Å². The van der Waals surface area contributed by atoms with E-state index < -0.39 is 53.1 Å². The number of aromatic nitrogens is 4. The second-order valence-corrected chi connectivity index (χ2v) is 14.5. The molecule has 2 fully saturated rings. The molecule has 2 aliphatic heterocycles. The number of hydrogen-bond donors (Lipinski definition) is 3. The van der Waals surface area contributed by atoms with Gasteiger partial charge in [-0.3, -0.25) is 9.59 Å². The molecule has 0 unspecified atom stereocenters. The van der Waals surface area contributed by atoms with Gasteiger partial charge in [-0.15, -0.1) is 10.2 Å². The number of alkyl carbamates (subject to hydrolysis) is 1. The van der Waals surface area contributed by atoms with E-state index in [1.54, 1.807) is 20.8 Å². The van der Waals surface area contributed by atoms with Crippen LogP contribution in [0, 0.1) is 5.92 Å². The van der Waals surface area contributed by atoms with Crippen LogP contribution in [-0.2, 0) is 19.1 Å². The van der Waals surface area contributed by atoms with Crippen LogP contribution in [0.4, 0.5) is 4.79 Å². The summed E-state index contributed by atoms with van der Waals surface area (Å²) in [6.07, 6.45) is 10.9. The molecular weight excluding hydrogens is 650 g/mol. The first-order valence-electron chi connectivity index (χ1n) is 17.6. The maximum atomic E-state index is 14.3. The normalized spacial score (nSPS) is 26.3. The molecule has 268 valence electrons. The Morgan fingerprint density at radius 1 is 1.04 bits per heavy atom. The highest BCUT2D eigenvalue weighted by molar-refractivity contribution is 5.96. The number of carboxylic acids is 1. The van der Waals surface area contributed by atoms with Gasteiger partial charge in [-0.05, 0) is 68.9 Å². The largest absolute Gasteiger partial charge is 0.479 e. The maximum Gasteiger partial charge on any atom is 0.408 e. The Morgan fingerprint density at radius 2 is 1.80 bits per heavy atom. The number of nitrogens with zero attached hydrogens (tertiary/aromatic N) is 5. The molecule has 1 saturated heterocycles. The molecule has 5 atom stereocenters. The van der Waals surface area contributed by atoms with E-state index in [1.807, 2.05) is 78.9 Å². The zero-order chi connectivity index (χ0) is 36.2. The lowest BCUT2D eigenvalue weighted by Gasteiger charge is -2.30. The van der Waals surface area contributed by atoms with E-state index in [4.69, 9.17) is 4.74 Å². The number of ether oxygens (including phenoxy) is 1. The molecule has 2 aromatic carbocycles. The number of fused-ring (bicyclic) bond motifs is 2. The van der Waals surface area contributed by atoms with Gasteiger partial charge in [-0.1, -0.05) is 85.7 Å². The summed E-state index contributed by atoms with van der Waals surface area (Å²) >= 11 is 0. The summed E-state index contributed by atoms with van der Waals surface area (Å²) in [6.45, 7) is 5.28. The van der Waals surface area contributed by atoms with E-state index >= 15 is 0 Å². The number of tetrazole rings is 1. The van der Waals surface area contributed by atoms with E-state index in [9.17, 15) is 24.3 Å². The standard InChI is InChI=1S/C38H45N7O6/c1-37(2,3)51-36(50)39-30-18-11-6-4-5-10-17-28-23-38(28,35(48)49)40-33(46)31-22-29(24-44(31)34(30)47)45-42-32(41-43-45)27-16-12-15-26(21-27)20-19-25-13-8-7-9-14-25/h7-10,12-17,19-21,28-31H,4-6,11,18,22-24H2,1-3H3,(H,39,50)(H,40,46)(H,48,49)/b17-10-,20-19+/t28-,29+,30-,31-,38+/m0/s1. The van der Waals surface area contributed by atoms with Crippen molar-refractivity contribution in [2.75, 3.05) is 6.54 Å². The highest BCUT2D eigenvalue weighted by Crippen LogP contribution is 2.45. The number of carboxylic acid groups (broad SMARTS) is 1. The van der Waals surface area contributed by atoms with E-state index in [1.165, 1.54) is 9.70 Å². The predicted octanol–water partition coefficient (Wildman–Crippen LogP) is 5.03. The van der Waals surface area contributed by atoms with Crippen molar-refractivity contribution in [1.29, 1.82) is 0 Å². The third-order valence-electron chi connectivity index (χ3n) is 9.50. The molecule has 13 heteroatoms. The Balaban J connectivity index is 1.26. The third kappa shape index (κ3) is 8.53. The van der Waals surface area contributed by atoms with Crippen molar-refractivity contribution in [1.82, 2.24) is 35.7 Å². The summed E-state index contributed by atoms with van der Waals surface area (Å²) < 4.78 is 5.48. The van der Waals surface area contributed by atoms with Crippen LogP contribution in [0.1, 0.15) is 82.9 Å². The Kier molecular flexibility index (Phi) is 10.4. The van der Waals surface area contributed by atoms with Crippen molar-refractivity contribution in [3.63, 3.8) is 0 Å². The monoisotopic (exact) mass is 695 g/mol. The van der Waals surface area contributed by atoms with Crippen molar-refractivity contribution in [3.8, 4) is 11.4 Å². The minimum Gasteiger partial charge on any atom is -0.479 e. The Morgan fingerprint density at radius 3 is 2.57 bits per heavy atom. The first-order valence-corrected chi connectivity index (χ1v) is 17.6. The lowest BCUT2D eigenvalue weighted by molar-refractivity contribution is -0.145. The number of benzene rings is 2. The first kappa shape index (κ1) is 35.5. The van der Waals surface area contributed by atoms with Gasteiger partial charge in [0.05, 0.1) is 6.04 Å². The van der Waals surface area contributed by atoms with E-state index in [0.29, 0.717) is 18.7 Å². The van der Waals surface area contributed by atoms with Crippen LogP contribution in [0.3, 0.4) is 0 Å². The fourth-order valence-corrected chi connectivity index (χ4v) is 6.73. The van der Waals surface area contributed by atoms with Crippen molar-refractivity contribution in [2.24, 2.45) is 5.92 Å². The average molecular weight is 696 g/mol. The number of rotatable bonds is 6. The number of hydrogen-bond acceptors (Lipinski definition) is 8. The fraction of sp³-hybridized carbons (Fsp3) is 0.447. The molecule has 6 rings (SSSR count). The maximum absolute atomic E-state index is 14.3. The van der Waals surface area contributed by atoms with Crippen molar-refractivity contribution >= 4 is 36.0 Å². The van der Waals surface area contributed by atoms with Gasteiger partial charge >= 0.3 is 12.1 Å². The summed E-state index contributed by atoms with van der Waals surface area (Å²) in [5.41, 5.74) is 0.552. The highest BCUT2D eigenvalue weighted by Gasteiger charge is 2.61. The molecule has 0 bridgehead atoms. The lowest BCUT2D eigenvalue weighted by Crippen LogP contribution is -2.56. The average Bonchev–Trinajstić information content (AvgIpc) is 3.39. The summed E-state index contributed by atoms with van der Waals surface area (Å²) in [5, 5.41) is 29.0. The second-order valence-electron chi connectivity index (χ2n) is 14.5. The van der Waals surface area contributed by atoms with E-state index in [0.717, 1.165) is 36.0 Å². The smallest absolute Gasteiger partial charge is 0.408 e. The molecule has 1 aromatic heterocycles. The van der Waals surface area contributed by atoms with Crippen molar-refractivity contribution < 1.29 is 29.0 Å². The molecular formula is C38H45N7O6. The van der Waals surface area contributed by atoms with Gasteiger partial charge in [0, 0.05) is 24.4 Å². The van der Waals surface area contributed by atoms with Crippen LogP contribution in [0.2, 0.25) is 0 Å². The van der Waals surface area contributed by atoms with Gasteiger partial charge in [-0.2, -0.15) is 4.80 Å². The summed E-state index contributed by atoms with van der Waals surface area (Å²) in [7, 11) is 0. The summed E-state index contributed by atoms with van der Waals surface area (Å²) in [4.78, 5) is 56.4. The molecule has 3 amide bonds. The predicted molar refractivity (Wildman–Crippen MR) is 190 cm³/mol. The van der Waals surface area contributed by atoms with Gasteiger partial charge in [-0.25, -0.2) is 9.59 Å². The van der Waals surface area contributed by atoms with Crippen LogP contribution in [-0.4, -0.2) is 83.9 Å². The fourth-order valence-electron chi connectivity index (χ4n) is 6.73. The number of nitrogens with one attached hydrogen (secondary N) is 2. The molecule has 3 aromatic rings. The van der Waals surface area contributed by atoms with Gasteiger partial charge < -0.3 is 25.4 Å². The van der Waals surface area contributed by atoms with Gasteiger partial charge in [0.2, 0.25) is 17.6 Å². The van der Waals surface area contributed by atoms with Crippen LogP contribution in [0.15, 0.2) is 66.7 Å². The highest BCUT2D eigenvalue weighted by atomic mass is 16.6. The summed E-state index contributed by atoms with van der Waals surface area (Å²) in [5.74, 6) is -2.10. The Bertz CT molecular complexity index is 1820. The lowest BCUT2D eigenvalue weighted by atomic mass is 10.0. The quantitative estimate of drug-likeness (QED) is 0.237. The summed E-state index contributed by atoms with van der Waals surface area (Å²) in [6, 6.07) is 15.2. The number of aliphatic carboxylic acids is 1. The minimum absolute atomic E-state index is 0.0580. The van der Waals surface area contributed by atoms with E-state index in [2.05, 4.69) is 26.0 Å². The number of carbonyl (C=O) groups excluding carboxylic acids is 3. The second kappa shape index (κ2) is 14.9. The topological polar surface area (TPSA) is 169 Å². The SMILES string of the molecule is CC(C)(C)OC(=O)N[C@H]1CCCCC/C=C\[C@H]2C[C@@]2(C(=O)O)NC(=O)[C@@H]2C[C@@H](n3nnc(-c4cccc(/C=C/c5ccccc5)c4)n3)CN2C1=O. The number of carbonyl (C=O) groups is 4. The van der Waals surface area contributed by atoms with Gasteiger partial charge in [0.25, 0.3) is 0 Å². The molecule has 1 aliphatic carbocycles. The molecule has 3 N–H and O–H groups in total. The molecule has 3 aliphatic rings. The van der Waals surface area contributed by atoms with Crippen molar-refractivity contribution in [2.45, 2.75) is 95.0 Å². The molecule has 0 radical (unpaired) electrons. The van der Waals surface area contributed by atoms with Gasteiger partial charge in [0.15, 0.2) is 0 Å². The Hall–Kier alpha value is -5.33. The molecule has 3 heterocycles. The van der Waals surface area contributed by atoms with Crippen molar-refractivity contribution in [3.05, 3.63) is 77.9 Å². The molecule has 13 nitrogen and oxygen atoms in total. The molecule has 1 saturated carbocycles. The van der Waals surface area contributed by atoms with Crippen LogP contribution < -0.4 is 10.6 Å². The first-order chi connectivity index (χ1) is 24.4. The zero-order valence-electron chi connectivity index (χ0n) is 29.2. The molecule has 51 heavy (non-hydrogen) atoms. The van der Waals surface area contributed by atoms with E-state index in [-0.39, 0.29) is 25.3 Å². The zero-order valence-corrected chi connectivity index (χ0v) is 29.2. The van der Waals surface area contributed by atoms with Crippen LogP contribution >= 0.6 is 0 Å². The number of allylic oxidation sites excluding steroid dienone is 1.